The number of rotatable bonds is 9. The number of hydrogen-bond acceptors (Lipinski definition) is 10. The van der Waals surface area contributed by atoms with Crippen LogP contribution in [-0.4, -0.2) is 41.2 Å². The molecule has 1 atom stereocenters. The van der Waals surface area contributed by atoms with Crippen molar-refractivity contribution in [1.29, 1.82) is 0 Å². The van der Waals surface area contributed by atoms with Crippen LogP contribution in [0.5, 0.6) is 23.0 Å². The molecule has 0 spiro atoms. The van der Waals surface area contributed by atoms with Crippen LogP contribution in [-0.2, 0) is 16.1 Å². The van der Waals surface area contributed by atoms with Crippen LogP contribution >= 0.6 is 11.3 Å². The number of carbonyl (C=O) groups excluding carboxylic acids is 1. The lowest BCUT2D eigenvalue weighted by atomic mass is 9.95. The van der Waals surface area contributed by atoms with Crippen LogP contribution in [0.15, 0.2) is 81.7 Å². The van der Waals surface area contributed by atoms with E-state index in [2.05, 4.69) is 4.99 Å². The normalized spacial score (nSPS) is 15.4. The summed E-state index contributed by atoms with van der Waals surface area (Å²) in [5, 5.41) is 9.02. The lowest BCUT2D eigenvalue weighted by molar-refractivity contribution is -0.729. The Labute approximate surface area is 260 Å². The van der Waals surface area contributed by atoms with Gasteiger partial charge in [-0.15, -0.1) is 0 Å². The van der Waals surface area contributed by atoms with E-state index >= 15 is 0 Å². The standard InChI is InChI=1S/C32H28N3O9S/c1-4-41-31(37)28-18(2)33-32-34(29(28)21-8-12-24-26(15-21)44-17-43-24)30(36)27(45-32)14-20-7-11-23(25(13-20)40-3)42-16-19-5-9-22(10-6-19)35(38)39/h5-15,29H,4,16-17H2,1-3H3,(H,38,39)/q+1/b27-14-. The molecule has 12 nitrogen and oxygen atoms in total. The van der Waals surface area contributed by atoms with Gasteiger partial charge in [-0.2, -0.15) is 0 Å². The predicted octanol–water partition coefficient (Wildman–Crippen LogP) is 3.91. The van der Waals surface area contributed by atoms with Crippen molar-refractivity contribution in [3.8, 4) is 23.0 Å². The Balaban J connectivity index is 1.35. The van der Waals surface area contributed by atoms with E-state index in [0.717, 1.165) is 5.56 Å². The van der Waals surface area contributed by atoms with Crippen molar-refractivity contribution in [3.63, 3.8) is 0 Å². The Morgan fingerprint density at radius 3 is 2.62 bits per heavy atom. The van der Waals surface area contributed by atoms with Gasteiger partial charge in [0.15, 0.2) is 27.8 Å². The summed E-state index contributed by atoms with van der Waals surface area (Å²) in [5.74, 6) is 1.49. The number of thiazole rings is 1. The molecule has 3 heterocycles. The van der Waals surface area contributed by atoms with Crippen LogP contribution in [0.25, 0.3) is 6.08 Å². The van der Waals surface area contributed by atoms with Crippen LogP contribution in [0.2, 0.25) is 0 Å². The molecule has 4 aromatic rings. The van der Waals surface area contributed by atoms with Gasteiger partial charge in [0, 0.05) is 12.1 Å². The Morgan fingerprint density at radius 2 is 1.89 bits per heavy atom. The summed E-state index contributed by atoms with van der Waals surface area (Å²) in [7, 11) is 1.52. The molecular formula is C32H28N3O9S+. The van der Waals surface area contributed by atoms with Crippen molar-refractivity contribution in [2.75, 3.05) is 20.5 Å². The zero-order valence-corrected chi connectivity index (χ0v) is 25.3. The minimum atomic E-state index is -0.787. The second kappa shape index (κ2) is 12.3. The highest BCUT2D eigenvalue weighted by atomic mass is 32.1. The number of hydrogen-bond donors (Lipinski definition) is 1. The highest BCUT2D eigenvalue weighted by Crippen LogP contribution is 2.38. The smallest absolute Gasteiger partial charge is 0.338 e. The minimum absolute atomic E-state index is 0.0908. The van der Waals surface area contributed by atoms with Crippen LogP contribution in [0.1, 0.15) is 36.6 Å². The molecular weight excluding hydrogens is 602 g/mol. The lowest BCUT2D eigenvalue weighted by Crippen LogP contribution is -2.39. The van der Waals surface area contributed by atoms with Gasteiger partial charge in [-0.25, -0.2) is 15.0 Å². The minimum Gasteiger partial charge on any atom is -0.493 e. The van der Waals surface area contributed by atoms with Crippen molar-refractivity contribution in [2.24, 2.45) is 4.99 Å². The van der Waals surface area contributed by atoms with Gasteiger partial charge in [-0.3, -0.25) is 9.36 Å². The Morgan fingerprint density at radius 1 is 1.11 bits per heavy atom. The summed E-state index contributed by atoms with van der Waals surface area (Å²) in [6.45, 7) is 3.91. The molecule has 1 aromatic heterocycles. The maximum absolute atomic E-state index is 14.0. The first kappa shape index (κ1) is 29.6. The molecule has 0 saturated carbocycles. The molecule has 0 bridgehead atoms. The van der Waals surface area contributed by atoms with E-state index in [4.69, 9.17) is 28.9 Å². The summed E-state index contributed by atoms with van der Waals surface area (Å²) in [6, 6.07) is 16.1. The number of nitrogens with zero attached hydrogens (tertiary/aromatic N) is 3. The molecule has 0 aliphatic carbocycles. The summed E-state index contributed by atoms with van der Waals surface area (Å²) in [5.41, 5.74) is 2.65. The highest BCUT2D eigenvalue weighted by molar-refractivity contribution is 7.07. The summed E-state index contributed by atoms with van der Waals surface area (Å²) in [4.78, 5) is 43.0. The Hall–Kier alpha value is -5.43. The fourth-order valence-electron chi connectivity index (χ4n) is 5.12. The van der Waals surface area contributed by atoms with Gasteiger partial charge in [0.05, 0.1) is 40.5 Å². The van der Waals surface area contributed by atoms with E-state index in [1.165, 1.54) is 35.1 Å². The third-order valence-corrected chi connectivity index (χ3v) is 8.25. The van der Waals surface area contributed by atoms with Gasteiger partial charge in [-0.05, 0) is 73.0 Å². The number of aromatic nitrogens is 1. The zero-order chi connectivity index (χ0) is 31.7. The third-order valence-electron chi connectivity index (χ3n) is 7.27. The summed E-state index contributed by atoms with van der Waals surface area (Å²) >= 11 is 1.21. The molecule has 45 heavy (non-hydrogen) atoms. The largest absolute Gasteiger partial charge is 0.493 e. The second-order valence-electron chi connectivity index (χ2n) is 10.1. The maximum Gasteiger partial charge on any atom is 0.338 e. The van der Waals surface area contributed by atoms with Gasteiger partial charge in [0.25, 0.3) is 10.5 Å². The quantitative estimate of drug-likeness (QED) is 0.216. The Kier molecular flexibility index (Phi) is 8.09. The predicted molar refractivity (Wildman–Crippen MR) is 162 cm³/mol. The summed E-state index contributed by atoms with van der Waals surface area (Å²) in [6.07, 6.45) is 1.73. The van der Waals surface area contributed by atoms with E-state index in [1.807, 2.05) is 0 Å². The van der Waals surface area contributed by atoms with Gasteiger partial charge >= 0.3 is 11.7 Å². The molecule has 0 amide bonds. The molecule has 0 fully saturated rings. The average molecular weight is 631 g/mol. The fraction of sp³-hybridized carbons (Fsp3) is 0.219. The molecule has 230 valence electrons. The number of benzene rings is 3. The molecule has 2 aliphatic rings. The van der Waals surface area contributed by atoms with E-state index in [9.17, 15) is 14.5 Å². The Bertz CT molecular complexity index is 2030. The first-order chi connectivity index (χ1) is 21.8. The van der Waals surface area contributed by atoms with Crippen molar-refractivity contribution < 1.29 is 38.6 Å². The van der Waals surface area contributed by atoms with Crippen LogP contribution in [0.4, 0.5) is 5.69 Å². The molecule has 0 saturated heterocycles. The van der Waals surface area contributed by atoms with Gasteiger partial charge in [0.2, 0.25) is 6.79 Å². The molecule has 0 radical (unpaired) electrons. The first-order valence-electron chi connectivity index (χ1n) is 13.9. The summed E-state index contributed by atoms with van der Waals surface area (Å²) < 4.78 is 29.8. The number of carbonyl (C=O) groups is 1. The SMILES string of the molecule is CCOC(=O)C1=C(C)N=c2s/c(=C\c3ccc(OCc4ccc([N+](=O)O)cc4)c(OC)c3)c(=O)n2C1c1ccc2c(c1)OCO2. The van der Waals surface area contributed by atoms with E-state index in [1.54, 1.807) is 68.5 Å². The third kappa shape index (κ3) is 5.77. The van der Waals surface area contributed by atoms with Crippen LogP contribution in [0, 0.1) is 4.91 Å². The molecule has 3 aromatic carbocycles. The molecule has 1 unspecified atom stereocenters. The lowest BCUT2D eigenvalue weighted by Gasteiger charge is -2.24. The van der Waals surface area contributed by atoms with Crippen molar-refractivity contribution in [2.45, 2.75) is 26.5 Å². The molecule has 13 heteroatoms. The molecule has 2 aliphatic heterocycles. The second-order valence-corrected chi connectivity index (χ2v) is 11.1. The number of ether oxygens (including phenoxy) is 5. The number of fused-ring (bicyclic) bond motifs is 2. The molecule has 1 N–H and O–H groups in total. The topological polar surface area (TPSA) is 138 Å². The van der Waals surface area contributed by atoms with Crippen molar-refractivity contribution in [1.82, 2.24) is 4.57 Å². The van der Waals surface area contributed by atoms with Crippen molar-refractivity contribution in [3.05, 3.63) is 113 Å². The number of methoxy groups -OCH3 is 1. The average Bonchev–Trinajstić information content (AvgIpc) is 3.63. The van der Waals surface area contributed by atoms with E-state index in [-0.39, 0.29) is 41.7 Å². The maximum atomic E-state index is 14.0. The number of allylic oxidation sites excluding steroid dienone is 1. The van der Waals surface area contributed by atoms with Gasteiger partial charge in [0.1, 0.15) is 6.61 Å². The van der Waals surface area contributed by atoms with E-state index < -0.39 is 12.0 Å². The fourth-order valence-corrected chi connectivity index (χ4v) is 6.16. The zero-order valence-electron chi connectivity index (χ0n) is 24.5. The molecule has 6 rings (SSSR count). The van der Waals surface area contributed by atoms with Gasteiger partial charge in [-0.1, -0.05) is 23.5 Å². The van der Waals surface area contributed by atoms with Crippen LogP contribution in [0.3, 0.4) is 0 Å². The van der Waals surface area contributed by atoms with E-state index in [0.29, 0.717) is 49.2 Å². The number of esters is 1. The monoisotopic (exact) mass is 630 g/mol. The first-order valence-corrected chi connectivity index (χ1v) is 14.7. The van der Waals surface area contributed by atoms with Crippen molar-refractivity contribution >= 4 is 29.1 Å². The highest BCUT2D eigenvalue weighted by Gasteiger charge is 2.34. The van der Waals surface area contributed by atoms with Crippen LogP contribution < -0.4 is 33.8 Å². The van der Waals surface area contributed by atoms with Gasteiger partial charge < -0.3 is 23.7 Å².